The summed E-state index contributed by atoms with van der Waals surface area (Å²) >= 11 is 0. The van der Waals surface area contributed by atoms with E-state index in [-0.39, 0.29) is 0 Å². The first-order valence-corrected chi connectivity index (χ1v) is 8.79. The van der Waals surface area contributed by atoms with Gasteiger partial charge in [0.15, 0.2) is 0 Å². The molecule has 0 saturated heterocycles. The maximum absolute atomic E-state index is 5.44. The van der Waals surface area contributed by atoms with Crippen molar-refractivity contribution in [2.24, 2.45) is 0 Å². The molecule has 0 aliphatic carbocycles. The van der Waals surface area contributed by atoms with Gasteiger partial charge in [-0.15, -0.1) is 0 Å². The molecular formula is C10H22O4Si2. The fourth-order valence-corrected chi connectivity index (χ4v) is 3.83. The van der Waals surface area contributed by atoms with Gasteiger partial charge < -0.3 is 17.7 Å². The molecule has 0 spiro atoms. The zero-order chi connectivity index (χ0) is 12.2. The molecule has 0 aliphatic rings. The quantitative estimate of drug-likeness (QED) is 0.475. The van der Waals surface area contributed by atoms with Gasteiger partial charge in [-0.25, -0.2) is 0 Å². The van der Waals surface area contributed by atoms with E-state index in [4.69, 9.17) is 17.7 Å². The molecule has 0 aromatic rings. The molecule has 0 saturated carbocycles. The fourth-order valence-electron chi connectivity index (χ4n) is 1.00. The fraction of sp³-hybridized carbons (Fsp3) is 0.800. The van der Waals surface area contributed by atoms with Gasteiger partial charge in [-0.2, -0.15) is 0 Å². The predicted molar refractivity (Wildman–Crippen MR) is 68.6 cm³/mol. The molecule has 0 bridgehead atoms. The summed E-state index contributed by atoms with van der Waals surface area (Å²) in [7, 11) is -3.65. The van der Waals surface area contributed by atoms with Gasteiger partial charge in [0.1, 0.15) is 0 Å². The van der Waals surface area contributed by atoms with E-state index in [1.165, 1.54) is 0 Å². The van der Waals surface area contributed by atoms with Crippen molar-refractivity contribution in [3.8, 4) is 11.1 Å². The summed E-state index contributed by atoms with van der Waals surface area (Å²) in [6, 6.07) is 0. The van der Waals surface area contributed by atoms with Gasteiger partial charge in [-0.1, -0.05) is 11.1 Å². The van der Waals surface area contributed by atoms with Crippen LogP contribution in [0.2, 0.25) is 0 Å². The third-order valence-corrected chi connectivity index (χ3v) is 5.27. The van der Waals surface area contributed by atoms with Crippen LogP contribution in [-0.4, -0.2) is 45.0 Å². The molecule has 16 heavy (non-hydrogen) atoms. The maximum Gasteiger partial charge on any atom is 0.406 e. The van der Waals surface area contributed by atoms with Crippen LogP contribution in [0.25, 0.3) is 0 Å². The van der Waals surface area contributed by atoms with E-state index < -0.39 is 18.6 Å². The van der Waals surface area contributed by atoms with Crippen molar-refractivity contribution < 1.29 is 17.7 Å². The zero-order valence-electron chi connectivity index (χ0n) is 10.6. The molecule has 4 nitrogen and oxygen atoms in total. The van der Waals surface area contributed by atoms with E-state index in [0.29, 0.717) is 26.4 Å². The Bertz CT molecular complexity index is 183. The van der Waals surface area contributed by atoms with Crippen molar-refractivity contribution in [2.45, 2.75) is 27.7 Å². The second kappa shape index (κ2) is 11.3. The molecule has 0 heterocycles. The van der Waals surface area contributed by atoms with Gasteiger partial charge in [-0.3, -0.25) is 0 Å². The first kappa shape index (κ1) is 15.8. The molecule has 0 atom stereocenters. The molecule has 0 aliphatic heterocycles. The molecule has 0 fully saturated rings. The zero-order valence-corrected chi connectivity index (χ0v) is 12.9. The first-order valence-electron chi connectivity index (χ1n) is 5.75. The van der Waals surface area contributed by atoms with E-state index in [1.54, 1.807) is 0 Å². The average molecular weight is 262 g/mol. The number of rotatable bonds is 8. The molecule has 0 N–H and O–H groups in total. The Morgan fingerprint density at radius 1 is 0.625 bits per heavy atom. The lowest BCUT2D eigenvalue weighted by atomic mass is 10.9. The third-order valence-electron chi connectivity index (χ3n) is 1.59. The average Bonchev–Trinajstić information content (AvgIpc) is 2.27. The Kier molecular flexibility index (Phi) is 11.2. The second-order valence-electron chi connectivity index (χ2n) is 2.77. The van der Waals surface area contributed by atoms with E-state index >= 15 is 0 Å². The molecule has 0 rings (SSSR count). The molecule has 0 unspecified atom stereocenters. The van der Waals surface area contributed by atoms with Crippen LogP contribution in [0.5, 0.6) is 0 Å². The van der Waals surface area contributed by atoms with Crippen LogP contribution in [0.4, 0.5) is 0 Å². The van der Waals surface area contributed by atoms with Crippen molar-refractivity contribution >= 4 is 18.6 Å². The molecule has 0 aromatic carbocycles. The summed E-state index contributed by atoms with van der Waals surface area (Å²) in [5.74, 6) is 0. The Morgan fingerprint density at radius 3 is 1.06 bits per heavy atom. The highest BCUT2D eigenvalue weighted by Crippen LogP contribution is 1.91. The number of hydrogen-bond acceptors (Lipinski definition) is 4. The lowest BCUT2D eigenvalue weighted by molar-refractivity contribution is 0.223. The smallest absolute Gasteiger partial charge is 0.388 e. The third kappa shape index (κ3) is 8.04. The van der Waals surface area contributed by atoms with Crippen molar-refractivity contribution in [3.05, 3.63) is 0 Å². The van der Waals surface area contributed by atoms with Crippen molar-refractivity contribution in [1.82, 2.24) is 0 Å². The monoisotopic (exact) mass is 262 g/mol. The summed E-state index contributed by atoms with van der Waals surface area (Å²) in [5, 5.41) is 0. The topological polar surface area (TPSA) is 36.9 Å². The van der Waals surface area contributed by atoms with E-state index in [9.17, 15) is 0 Å². The Labute approximate surface area is 102 Å². The number of hydrogen-bond donors (Lipinski definition) is 0. The van der Waals surface area contributed by atoms with Crippen LogP contribution in [0.15, 0.2) is 0 Å². The van der Waals surface area contributed by atoms with Crippen molar-refractivity contribution in [3.63, 3.8) is 0 Å². The highest BCUT2D eigenvalue weighted by atomic mass is 28.3. The second-order valence-corrected chi connectivity index (χ2v) is 6.01. The summed E-state index contributed by atoms with van der Waals surface area (Å²) in [6.07, 6.45) is 0. The van der Waals surface area contributed by atoms with Crippen LogP contribution in [0.3, 0.4) is 0 Å². The van der Waals surface area contributed by atoms with E-state index in [1.807, 2.05) is 27.7 Å². The SMILES string of the molecule is CCO[SiH](C#C[SiH](OCC)OCC)OCC. The maximum atomic E-state index is 5.44. The minimum absolute atomic E-state index is 0.640. The van der Waals surface area contributed by atoms with Gasteiger partial charge in [0.05, 0.1) is 0 Å². The minimum atomic E-state index is -1.83. The van der Waals surface area contributed by atoms with E-state index in [0.717, 1.165) is 0 Å². The van der Waals surface area contributed by atoms with Gasteiger partial charge in [0.2, 0.25) is 0 Å². The summed E-state index contributed by atoms with van der Waals surface area (Å²) in [4.78, 5) is 0. The van der Waals surface area contributed by atoms with Gasteiger partial charge >= 0.3 is 18.6 Å². The molecule has 94 valence electrons. The molecule has 0 amide bonds. The predicted octanol–water partition coefficient (Wildman–Crippen LogP) is 0.655. The molecule has 6 heteroatoms. The van der Waals surface area contributed by atoms with Crippen LogP contribution < -0.4 is 0 Å². The lowest BCUT2D eigenvalue weighted by Gasteiger charge is -2.10. The van der Waals surface area contributed by atoms with Crippen molar-refractivity contribution in [2.75, 3.05) is 26.4 Å². The van der Waals surface area contributed by atoms with Crippen LogP contribution in [0.1, 0.15) is 27.7 Å². The summed E-state index contributed by atoms with van der Waals surface area (Å²) < 4.78 is 21.8. The highest BCUT2D eigenvalue weighted by Gasteiger charge is 2.11. The Morgan fingerprint density at radius 2 is 0.875 bits per heavy atom. The standard InChI is InChI=1S/C10H22O4Si2/c1-5-11-15(12-6-2)9-10-16(13-7-3)14-8-4/h15-16H,5-8H2,1-4H3. The van der Waals surface area contributed by atoms with Crippen LogP contribution >= 0.6 is 0 Å². The summed E-state index contributed by atoms with van der Waals surface area (Å²) in [5.41, 5.74) is 6.09. The van der Waals surface area contributed by atoms with Crippen LogP contribution in [-0.2, 0) is 17.7 Å². The molecule has 0 aromatic heterocycles. The van der Waals surface area contributed by atoms with Crippen molar-refractivity contribution in [1.29, 1.82) is 0 Å². The Balaban J connectivity index is 4.22. The van der Waals surface area contributed by atoms with Gasteiger partial charge in [-0.05, 0) is 27.7 Å². The molecule has 0 radical (unpaired) electrons. The van der Waals surface area contributed by atoms with Gasteiger partial charge in [0, 0.05) is 26.4 Å². The molecular weight excluding hydrogens is 240 g/mol. The van der Waals surface area contributed by atoms with Gasteiger partial charge in [0.25, 0.3) is 0 Å². The lowest BCUT2D eigenvalue weighted by Crippen LogP contribution is -2.25. The largest absolute Gasteiger partial charge is 0.406 e. The minimum Gasteiger partial charge on any atom is -0.388 e. The highest BCUT2D eigenvalue weighted by molar-refractivity contribution is 6.61. The van der Waals surface area contributed by atoms with Crippen LogP contribution in [0, 0.1) is 11.1 Å². The first-order chi connectivity index (χ1) is 7.78. The summed E-state index contributed by atoms with van der Waals surface area (Å²) in [6.45, 7) is 10.3. The normalized spacial score (nSPS) is 10.6. The Hall–Kier alpha value is -0.166. The van der Waals surface area contributed by atoms with E-state index in [2.05, 4.69) is 11.1 Å².